The number of rotatable bonds is 2. The minimum Gasteiger partial charge on any atom is -0.370 e. The van der Waals surface area contributed by atoms with Gasteiger partial charge in [-0.05, 0) is 35.9 Å². The highest BCUT2D eigenvalue weighted by Crippen LogP contribution is 2.43. The lowest BCUT2D eigenvalue weighted by Gasteiger charge is -2.44. The van der Waals surface area contributed by atoms with Gasteiger partial charge in [0.1, 0.15) is 0 Å². The monoisotopic (exact) mass is 330 g/mol. The third kappa shape index (κ3) is 2.67. The summed E-state index contributed by atoms with van der Waals surface area (Å²) in [5, 5.41) is 2.20. The standard InChI is InChI=1S/C18H22N2O2S/c1-19-8-2-3-14(17(19)21)13-20-9-6-18(7-10-20)15-5-12-23-16(15)4-11-22-18/h2-3,5,8,12H,4,6-7,9-11,13H2,1H3. The number of pyridine rings is 1. The molecule has 122 valence electrons. The number of aromatic nitrogens is 1. The first-order chi connectivity index (χ1) is 11.2. The molecule has 0 amide bonds. The summed E-state index contributed by atoms with van der Waals surface area (Å²) in [5.41, 5.74) is 2.34. The van der Waals surface area contributed by atoms with E-state index in [1.165, 1.54) is 10.4 Å². The molecule has 1 saturated heterocycles. The first kappa shape index (κ1) is 15.1. The highest BCUT2D eigenvalue weighted by molar-refractivity contribution is 7.10. The average molecular weight is 330 g/mol. The molecule has 0 unspecified atom stereocenters. The van der Waals surface area contributed by atoms with Crippen LogP contribution in [0, 0.1) is 0 Å². The van der Waals surface area contributed by atoms with Crippen LogP contribution in [-0.2, 0) is 30.4 Å². The maximum absolute atomic E-state index is 12.2. The molecule has 2 aromatic heterocycles. The van der Waals surface area contributed by atoms with Gasteiger partial charge in [0.05, 0.1) is 12.2 Å². The number of aryl methyl sites for hydroxylation is 1. The summed E-state index contributed by atoms with van der Waals surface area (Å²) in [4.78, 5) is 16.1. The van der Waals surface area contributed by atoms with Gasteiger partial charge in [-0.1, -0.05) is 6.07 Å². The lowest BCUT2D eigenvalue weighted by atomic mass is 9.82. The number of likely N-dealkylation sites (tertiary alicyclic amines) is 1. The van der Waals surface area contributed by atoms with Crippen LogP contribution >= 0.6 is 11.3 Å². The number of fused-ring (bicyclic) bond motifs is 2. The second kappa shape index (κ2) is 5.89. The molecule has 4 nitrogen and oxygen atoms in total. The quantitative estimate of drug-likeness (QED) is 0.848. The molecule has 2 aliphatic rings. The van der Waals surface area contributed by atoms with Crippen molar-refractivity contribution in [2.75, 3.05) is 19.7 Å². The van der Waals surface area contributed by atoms with E-state index in [9.17, 15) is 4.79 Å². The van der Waals surface area contributed by atoms with Crippen LogP contribution in [0.4, 0.5) is 0 Å². The minimum atomic E-state index is -0.0776. The molecule has 4 heterocycles. The Morgan fingerprint density at radius 2 is 2.13 bits per heavy atom. The molecule has 2 aliphatic heterocycles. The summed E-state index contributed by atoms with van der Waals surface area (Å²) in [6, 6.07) is 6.15. The number of hydrogen-bond donors (Lipinski definition) is 0. The largest absolute Gasteiger partial charge is 0.370 e. The summed E-state index contributed by atoms with van der Waals surface area (Å²) < 4.78 is 7.90. The van der Waals surface area contributed by atoms with E-state index in [0.29, 0.717) is 0 Å². The lowest BCUT2D eigenvalue weighted by Crippen LogP contribution is -2.46. The Hall–Kier alpha value is -1.43. The molecule has 0 radical (unpaired) electrons. The van der Waals surface area contributed by atoms with Crippen molar-refractivity contribution in [2.45, 2.75) is 31.4 Å². The summed E-state index contributed by atoms with van der Waals surface area (Å²) in [6.07, 6.45) is 4.90. The fourth-order valence-electron chi connectivity index (χ4n) is 3.86. The van der Waals surface area contributed by atoms with Gasteiger partial charge in [-0.3, -0.25) is 9.69 Å². The summed E-state index contributed by atoms with van der Waals surface area (Å²) in [5.74, 6) is 0. The predicted molar refractivity (Wildman–Crippen MR) is 91.8 cm³/mol. The summed E-state index contributed by atoms with van der Waals surface area (Å²) >= 11 is 1.86. The van der Waals surface area contributed by atoms with Gasteiger partial charge >= 0.3 is 0 Å². The van der Waals surface area contributed by atoms with Gasteiger partial charge in [0.25, 0.3) is 5.56 Å². The van der Waals surface area contributed by atoms with Crippen molar-refractivity contribution in [3.63, 3.8) is 0 Å². The molecule has 1 spiro atoms. The van der Waals surface area contributed by atoms with E-state index in [-0.39, 0.29) is 11.2 Å². The van der Waals surface area contributed by atoms with Gasteiger partial charge in [-0.15, -0.1) is 11.3 Å². The van der Waals surface area contributed by atoms with Gasteiger partial charge in [0.2, 0.25) is 0 Å². The van der Waals surface area contributed by atoms with Crippen molar-refractivity contribution in [2.24, 2.45) is 7.05 Å². The minimum absolute atomic E-state index is 0.0776. The fraction of sp³-hybridized carbons (Fsp3) is 0.500. The van der Waals surface area contributed by atoms with E-state index in [4.69, 9.17) is 4.74 Å². The van der Waals surface area contributed by atoms with Crippen LogP contribution in [0.15, 0.2) is 34.6 Å². The summed E-state index contributed by atoms with van der Waals surface area (Å²) in [7, 11) is 1.81. The molecule has 4 rings (SSSR count). The molecule has 5 heteroatoms. The average Bonchev–Trinajstić information content (AvgIpc) is 3.04. The second-order valence-electron chi connectivity index (χ2n) is 6.58. The molecule has 1 fully saturated rings. The highest BCUT2D eigenvalue weighted by Gasteiger charge is 2.41. The highest BCUT2D eigenvalue weighted by atomic mass is 32.1. The Balaban J connectivity index is 1.48. The van der Waals surface area contributed by atoms with Crippen LogP contribution in [0.3, 0.4) is 0 Å². The summed E-state index contributed by atoms with van der Waals surface area (Å²) in [6.45, 7) is 3.54. The maximum Gasteiger partial charge on any atom is 0.254 e. The number of ether oxygens (including phenoxy) is 1. The first-order valence-corrected chi connectivity index (χ1v) is 9.14. The molecule has 0 saturated carbocycles. The molecule has 2 aromatic rings. The van der Waals surface area contributed by atoms with Gasteiger partial charge in [-0.25, -0.2) is 0 Å². The molecular weight excluding hydrogens is 308 g/mol. The Kier molecular flexibility index (Phi) is 3.87. The Morgan fingerprint density at radius 1 is 1.30 bits per heavy atom. The molecule has 0 aromatic carbocycles. The van der Waals surface area contributed by atoms with Crippen molar-refractivity contribution in [1.82, 2.24) is 9.47 Å². The smallest absolute Gasteiger partial charge is 0.254 e. The van der Waals surface area contributed by atoms with Gasteiger partial charge in [0.15, 0.2) is 0 Å². The number of piperidine rings is 1. The molecule has 0 bridgehead atoms. The molecule has 0 N–H and O–H groups in total. The van der Waals surface area contributed by atoms with E-state index < -0.39 is 0 Å². The van der Waals surface area contributed by atoms with E-state index in [1.54, 1.807) is 4.57 Å². The zero-order valence-electron chi connectivity index (χ0n) is 13.5. The van der Waals surface area contributed by atoms with Crippen LogP contribution in [0.2, 0.25) is 0 Å². The van der Waals surface area contributed by atoms with Crippen molar-refractivity contribution in [3.05, 3.63) is 56.1 Å². The third-order valence-electron chi connectivity index (χ3n) is 5.20. The van der Waals surface area contributed by atoms with Gasteiger partial charge < -0.3 is 9.30 Å². The number of hydrogen-bond acceptors (Lipinski definition) is 4. The van der Waals surface area contributed by atoms with E-state index in [1.807, 2.05) is 36.7 Å². The second-order valence-corrected chi connectivity index (χ2v) is 7.58. The van der Waals surface area contributed by atoms with Crippen molar-refractivity contribution < 1.29 is 4.74 Å². The van der Waals surface area contributed by atoms with Crippen LogP contribution in [0.1, 0.15) is 28.8 Å². The van der Waals surface area contributed by atoms with Crippen molar-refractivity contribution in [1.29, 1.82) is 0 Å². The predicted octanol–water partition coefficient (Wildman–Crippen LogP) is 2.51. The Morgan fingerprint density at radius 3 is 2.96 bits per heavy atom. The van der Waals surface area contributed by atoms with E-state index in [0.717, 1.165) is 51.1 Å². The molecule has 0 atom stereocenters. The maximum atomic E-state index is 12.2. The van der Waals surface area contributed by atoms with Crippen molar-refractivity contribution >= 4 is 11.3 Å². The number of thiophene rings is 1. The van der Waals surface area contributed by atoms with Crippen LogP contribution in [-0.4, -0.2) is 29.2 Å². The fourth-order valence-corrected chi connectivity index (χ4v) is 4.81. The first-order valence-electron chi connectivity index (χ1n) is 8.26. The molecule has 0 aliphatic carbocycles. The van der Waals surface area contributed by atoms with Gasteiger partial charge in [0, 0.05) is 49.7 Å². The third-order valence-corrected chi connectivity index (χ3v) is 6.18. The zero-order chi connectivity index (χ0) is 15.9. The van der Waals surface area contributed by atoms with Crippen LogP contribution < -0.4 is 5.56 Å². The normalized spacial score (nSPS) is 20.6. The SMILES string of the molecule is Cn1cccc(CN2CCC3(CC2)OCCc2sccc23)c1=O. The van der Waals surface area contributed by atoms with Crippen LogP contribution in [0.5, 0.6) is 0 Å². The Bertz CT molecular complexity index is 756. The van der Waals surface area contributed by atoms with E-state index in [2.05, 4.69) is 16.3 Å². The van der Waals surface area contributed by atoms with Gasteiger partial charge in [-0.2, -0.15) is 0 Å². The van der Waals surface area contributed by atoms with Crippen LogP contribution in [0.25, 0.3) is 0 Å². The Labute approximate surface area is 140 Å². The van der Waals surface area contributed by atoms with Crippen molar-refractivity contribution in [3.8, 4) is 0 Å². The topological polar surface area (TPSA) is 34.5 Å². The van der Waals surface area contributed by atoms with E-state index >= 15 is 0 Å². The molecule has 23 heavy (non-hydrogen) atoms. The number of nitrogens with zero attached hydrogens (tertiary/aromatic N) is 2. The lowest BCUT2D eigenvalue weighted by molar-refractivity contribution is -0.0981. The molecular formula is C18H22N2O2S. The zero-order valence-corrected chi connectivity index (χ0v) is 14.3.